The maximum atomic E-state index is 12.3. The van der Waals surface area contributed by atoms with Crippen molar-refractivity contribution in [1.29, 1.82) is 0 Å². The van der Waals surface area contributed by atoms with Gasteiger partial charge in [0, 0.05) is 28.1 Å². The molecule has 2 aromatic carbocycles. The van der Waals surface area contributed by atoms with Crippen molar-refractivity contribution in [3.05, 3.63) is 89.2 Å². The average molecular weight is 355 g/mol. The number of halogens is 1. The fourth-order valence-corrected chi connectivity index (χ4v) is 3.22. The number of pyridine rings is 1. The average Bonchev–Trinajstić information content (AvgIpc) is 2.63. The summed E-state index contributed by atoms with van der Waals surface area (Å²) in [4.78, 5) is 17.3. The number of rotatable bonds is 5. The summed E-state index contributed by atoms with van der Waals surface area (Å²) in [5.74, 6) is 0.638. The molecule has 3 nitrogen and oxygen atoms in total. The predicted octanol–water partition coefficient (Wildman–Crippen LogP) is 5.28. The quantitative estimate of drug-likeness (QED) is 0.634. The molecule has 0 aliphatic rings. The van der Waals surface area contributed by atoms with Crippen molar-refractivity contribution in [2.45, 2.75) is 10.6 Å². The largest absolute Gasteiger partial charge is 0.321 e. The minimum Gasteiger partial charge on any atom is -0.321 e. The highest BCUT2D eigenvalue weighted by molar-refractivity contribution is 7.98. The van der Waals surface area contributed by atoms with Gasteiger partial charge in [0.05, 0.1) is 11.3 Å². The van der Waals surface area contributed by atoms with E-state index >= 15 is 0 Å². The van der Waals surface area contributed by atoms with Crippen LogP contribution in [0.5, 0.6) is 0 Å². The molecule has 1 aromatic heterocycles. The van der Waals surface area contributed by atoms with E-state index in [4.69, 9.17) is 11.6 Å². The van der Waals surface area contributed by atoms with E-state index < -0.39 is 0 Å². The Bertz CT molecular complexity index is 822. The first-order chi connectivity index (χ1) is 11.7. The van der Waals surface area contributed by atoms with Crippen LogP contribution in [-0.2, 0) is 5.75 Å². The molecule has 1 amide bonds. The van der Waals surface area contributed by atoms with Gasteiger partial charge in [-0.05, 0) is 42.0 Å². The second kappa shape index (κ2) is 7.99. The highest BCUT2D eigenvalue weighted by Crippen LogP contribution is 2.30. The number of carbonyl (C=O) groups excluding carboxylic acids is 1. The molecule has 5 heteroatoms. The van der Waals surface area contributed by atoms with Crippen molar-refractivity contribution < 1.29 is 4.79 Å². The van der Waals surface area contributed by atoms with Gasteiger partial charge in [-0.1, -0.05) is 35.9 Å². The Kier molecular flexibility index (Phi) is 5.51. The number of thioether (sulfide) groups is 1. The second-order valence-electron chi connectivity index (χ2n) is 5.11. The van der Waals surface area contributed by atoms with Crippen molar-refractivity contribution in [2.75, 3.05) is 5.32 Å². The first-order valence-electron chi connectivity index (χ1n) is 7.40. The number of benzene rings is 2. The molecule has 3 rings (SSSR count). The van der Waals surface area contributed by atoms with Gasteiger partial charge in [0.1, 0.15) is 0 Å². The maximum Gasteiger partial charge on any atom is 0.257 e. The van der Waals surface area contributed by atoms with Gasteiger partial charge in [-0.15, -0.1) is 11.8 Å². The number of hydrogen-bond acceptors (Lipinski definition) is 3. The summed E-state index contributed by atoms with van der Waals surface area (Å²) in [6.07, 6.45) is 3.20. The lowest BCUT2D eigenvalue weighted by Crippen LogP contribution is -2.12. The zero-order valence-corrected chi connectivity index (χ0v) is 14.3. The number of amides is 1. The number of anilines is 1. The lowest BCUT2D eigenvalue weighted by molar-refractivity contribution is 0.102. The van der Waals surface area contributed by atoms with Crippen molar-refractivity contribution in [1.82, 2.24) is 4.98 Å². The Morgan fingerprint density at radius 3 is 2.58 bits per heavy atom. The van der Waals surface area contributed by atoms with E-state index in [0.29, 0.717) is 5.56 Å². The SMILES string of the molecule is O=C(Nc1ccccc1SCc1ccc(Cl)cc1)c1cccnc1. The van der Waals surface area contributed by atoms with Crippen LogP contribution in [0.4, 0.5) is 5.69 Å². The highest BCUT2D eigenvalue weighted by Gasteiger charge is 2.09. The van der Waals surface area contributed by atoms with Crippen LogP contribution in [0.25, 0.3) is 0 Å². The number of nitrogens with zero attached hydrogens (tertiary/aromatic N) is 1. The number of hydrogen-bond donors (Lipinski definition) is 1. The molecule has 0 bridgehead atoms. The summed E-state index contributed by atoms with van der Waals surface area (Å²) >= 11 is 7.58. The normalized spacial score (nSPS) is 10.4. The van der Waals surface area contributed by atoms with E-state index in [1.165, 1.54) is 5.56 Å². The molecule has 3 aromatic rings. The topological polar surface area (TPSA) is 42.0 Å². The van der Waals surface area contributed by atoms with Crippen LogP contribution in [0.15, 0.2) is 78.0 Å². The molecule has 24 heavy (non-hydrogen) atoms. The summed E-state index contributed by atoms with van der Waals surface area (Å²) in [5.41, 5.74) is 2.51. The number of carbonyl (C=O) groups is 1. The van der Waals surface area contributed by atoms with Gasteiger partial charge in [0.2, 0.25) is 0 Å². The van der Waals surface area contributed by atoms with Crippen molar-refractivity contribution in [3.8, 4) is 0 Å². The van der Waals surface area contributed by atoms with Gasteiger partial charge in [0.25, 0.3) is 5.91 Å². The summed E-state index contributed by atoms with van der Waals surface area (Å²) in [5, 5.41) is 3.68. The third kappa shape index (κ3) is 4.37. The van der Waals surface area contributed by atoms with Crippen LogP contribution < -0.4 is 5.32 Å². The molecule has 1 heterocycles. The number of aromatic nitrogens is 1. The van der Waals surface area contributed by atoms with Gasteiger partial charge in [-0.25, -0.2) is 0 Å². The van der Waals surface area contributed by atoms with Gasteiger partial charge >= 0.3 is 0 Å². The minimum atomic E-state index is -0.164. The first kappa shape index (κ1) is 16.6. The highest BCUT2D eigenvalue weighted by atomic mass is 35.5. The molecular weight excluding hydrogens is 340 g/mol. The molecule has 0 spiro atoms. The van der Waals surface area contributed by atoms with Crippen LogP contribution in [-0.4, -0.2) is 10.9 Å². The number of para-hydroxylation sites is 1. The Morgan fingerprint density at radius 1 is 1.04 bits per heavy atom. The van der Waals surface area contributed by atoms with E-state index in [1.807, 2.05) is 48.5 Å². The zero-order chi connectivity index (χ0) is 16.8. The molecule has 0 fully saturated rings. The lowest BCUT2D eigenvalue weighted by Gasteiger charge is -2.11. The third-order valence-electron chi connectivity index (χ3n) is 3.37. The molecule has 0 aliphatic carbocycles. The van der Waals surface area contributed by atoms with E-state index in [1.54, 1.807) is 36.3 Å². The lowest BCUT2D eigenvalue weighted by atomic mass is 10.2. The standard InChI is InChI=1S/C19H15ClN2OS/c20-16-9-7-14(8-10-16)13-24-18-6-2-1-5-17(18)22-19(23)15-4-3-11-21-12-15/h1-12H,13H2,(H,22,23). The minimum absolute atomic E-state index is 0.164. The number of nitrogens with one attached hydrogen (secondary N) is 1. The van der Waals surface area contributed by atoms with Crippen LogP contribution >= 0.6 is 23.4 Å². The van der Waals surface area contributed by atoms with Gasteiger partial charge in [-0.3, -0.25) is 9.78 Å². The molecule has 0 radical (unpaired) electrons. The Balaban J connectivity index is 1.71. The van der Waals surface area contributed by atoms with E-state index in [-0.39, 0.29) is 5.91 Å². The van der Waals surface area contributed by atoms with E-state index in [9.17, 15) is 4.79 Å². The Hall–Kier alpha value is -2.30. The predicted molar refractivity (Wildman–Crippen MR) is 99.6 cm³/mol. The summed E-state index contributed by atoms with van der Waals surface area (Å²) < 4.78 is 0. The Morgan fingerprint density at radius 2 is 1.83 bits per heavy atom. The fourth-order valence-electron chi connectivity index (χ4n) is 2.13. The molecule has 120 valence electrons. The van der Waals surface area contributed by atoms with Crippen LogP contribution in [0, 0.1) is 0 Å². The molecular formula is C19H15ClN2OS. The monoisotopic (exact) mass is 354 g/mol. The van der Waals surface area contributed by atoms with Crippen molar-refractivity contribution >= 4 is 35.0 Å². The van der Waals surface area contributed by atoms with Crippen molar-refractivity contribution in [3.63, 3.8) is 0 Å². The summed E-state index contributed by atoms with van der Waals surface area (Å²) in [6, 6.07) is 19.0. The van der Waals surface area contributed by atoms with Crippen LogP contribution in [0.3, 0.4) is 0 Å². The smallest absolute Gasteiger partial charge is 0.257 e. The molecule has 0 saturated carbocycles. The zero-order valence-electron chi connectivity index (χ0n) is 12.8. The molecule has 0 aliphatic heterocycles. The van der Waals surface area contributed by atoms with Gasteiger partial charge in [0.15, 0.2) is 0 Å². The van der Waals surface area contributed by atoms with Gasteiger partial charge in [-0.2, -0.15) is 0 Å². The molecule has 1 N–H and O–H groups in total. The molecule has 0 unspecified atom stereocenters. The molecule has 0 atom stereocenters. The molecule has 0 saturated heterocycles. The van der Waals surface area contributed by atoms with Crippen LogP contribution in [0.2, 0.25) is 5.02 Å². The van der Waals surface area contributed by atoms with Crippen molar-refractivity contribution in [2.24, 2.45) is 0 Å². The maximum absolute atomic E-state index is 12.3. The first-order valence-corrected chi connectivity index (χ1v) is 8.76. The fraction of sp³-hybridized carbons (Fsp3) is 0.0526. The second-order valence-corrected chi connectivity index (χ2v) is 6.56. The van der Waals surface area contributed by atoms with E-state index in [2.05, 4.69) is 10.3 Å². The van der Waals surface area contributed by atoms with Crippen LogP contribution in [0.1, 0.15) is 15.9 Å². The Labute approximate surface area is 150 Å². The summed E-state index contributed by atoms with van der Waals surface area (Å²) in [7, 11) is 0. The van der Waals surface area contributed by atoms with E-state index in [0.717, 1.165) is 21.4 Å². The summed E-state index contributed by atoms with van der Waals surface area (Å²) in [6.45, 7) is 0. The van der Waals surface area contributed by atoms with Gasteiger partial charge < -0.3 is 5.32 Å². The third-order valence-corrected chi connectivity index (χ3v) is 4.76.